The monoisotopic (exact) mass is 306 g/mol. The summed E-state index contributed by atoms with van der Waals surface area (Å²) in [5, 5.41) is 0. The number of terminal acetylenes is 1. The van der Waals surface area contributed by atoms with Crippen molar-refractivity contribution in [1.82, 2.24) is 0 Å². The summed E-state index contributed by atoms with van der Waals surface area (Å²) in [6, 6.07) is 0. The molecule has 0 aromatic carbocycles. The number of carbonyl (C=O) groups is 2. The van der Waals surface area contributed by atoms with Crippen LogP contribution >= 0.6 is 0 Å². The Morgan fingerprint density at radius 2 is 2.09 bits per heavy atom. The summed E-state index contributed by atoms with van der Waals surface area (Å²) >= 11 is 0. The molecule has 0 radical (unpaired) electrons. The van der Waals surface area contributed by atoms with Crippen molar-refractivity contribution in [3.63, 3.8) is 0 Å². The third-order valence-corrected chi connectivity index (χ3v) is 6.98. The van der Waals surface area contributed by atoms with Gasteiger partial charge in [-0.1, -0.05) is 25.2 Å². The highest BCUT2D eigenvalue weighted by Gasteiger charge is 2.58. The highest BCUT2D eigenvalue weighted by atomic mass is 16.1. The summed E-state index contributed by atoms with van der Waals surface area (Å²) in [5.74, 6) is 4.56. The van der Waals surface area contributed by atoms with Gasteiger partial charge in [-0.3, -0.25) is 9.59 Å². The number of hydrogen-bond donors (Lipinski definition) is 0. The summed E-state index contributed by atoms with van der Waals surface area (Å²) in [6.07, 6.45) is 19.9. The molecule has 2 heteroatoms. The minimum Gasteiger partial charge on any atom is -0.299 e. The van der Waals surface area contributed by atoms with Gasteiger partial charge in [0.1, 0.15) is 5.78 Å². The SMILES string of the molecule is C#CC[C@]12C=CC(=O)C=C1C=C[C@H]1[C@@H]3CCC(=O)[C@@]3(C)CC[C@@H]12. The maximum atomic E-state index is 12.4. The molecule has 2 nitrogen and oxygen atoms in total. The predicted molar refractivity (Wildman–Crippen MR) is 89.3 cm³/mol. The van der Waals surface area contributed by atoms with Crippen LogP contribution in [0.5, 0.6) is 0 Å². The molecule has 4 aliphatic rings. The first-order valence-electron chi connectivity index (χ1n) is 8.62. The van der Waals surface area contributed by atoms with Gasteiger partial charge in [0.25, 0.3) is 0 Å². The molecule has 0 spiro atoms. The number of ketones is 2. The second-order valence-corrected chi connectivity index (χ2v) is 7.82. The fraction of sp³-hybridized carbons (Fsp3) is 0.524. The lowest BCUT2D eigenvalue weighted by Gasteiger charge is -2.54. The van der Waals surface area contributed by atoms with Crippen LogP contribution in [0.4, 0.5) is 0 Å². The molecule has 23 heavy (non-hydrogen) atoms. The normalized spacial score (nSPS) is 44.2. The van der Waals surface area contributed by atoms with E-state index in [0.29, 0.717) is 30.0 Å². The predicted octanol–water partition coefficient (Wildman–Crippen LogP) is 3.64. The van der Waals surface area contributed by atoms with Crippen molar-refractivity contribution in [3.8, 4) is 12.3 Å². The van der Waals surface area contributed by atoms with E-state index in [-0.39, 0.29) is 16.6 Å². The van der Waals surface area contributed by atoms with E-state index in [1.165, 1.54) is 0 Å². The molecular formula is C21H22O2. The number of hydrogen-bond acceptors (Lipinski definition) is 2. The molecule has 2 fully saturated rings. The molecule has 4 rings (SSSR count). The van der Waals surface area contributed by atoms with Crippen molar-refractivity contribution in [2.24, 2.45) is 28.6 Å². The van der Waals surface area contributed by atoms with Crippen molar-refractivity contribution in [3.05, 3.63) is 36.0 Å². The standard InChI is InChI=1S/C21H22O2/c1-3-10-21-12-8-15(22)13-14(21)4-5-16-17-6-7-19(23)20(17,2)11-9-18(16)21/h1,4-5,8,12-13,16-18H,6-7,9-11H2,2H3/t16-,17-,18-,20-,21-/m0/s1. The van der Waals surface area contributed by atoms with Crippen LogP contribution in [0.3, 0.4) is 0 Å². The van der Waals surface area contributed by atoms with Crippen LogP contribution in [0, 0.1) is 40.9 Å². The quantitative estimate of drug-likeness (QED) is 0.693. The maximum absolute atomic E-state index is 12.4. The lowest BCUT2D eigenvalue weighted by Crippen LogP contribution is -2.49. The zero-order valence-corrected chi connectivity index (χ0v) is 13.5. The number of Topliss-reactive ketones (excluding diaryl/α,β-unsaturated/α-hetero) is 1. The summed E-state index contributed by atoms with van der Waals surface area (Å²) < 4.78 is 0. The van der Waals surface area contributed by atoms with Crippen molar-refractivity contribution < 1.29 is 9.59 Å². The van der Waals surface area contributed by atoms with Crippen molar-refractivity contribution in [2.45, 2.75) is 39.0 Å². The minimum absolute atomic E-state index is 0.0486. The summed E-state index contributed by atoms with van der Waals surface area (Å²) in [5.41, 5.74) is 0.699. The first-order valence-corrected chi connectivity index (χ1v) is 8.62. The molecule has 0 aromatic rings. The van der Waals surface area contributed by atoms with Crippen LogP contribution in [-0.4, -0.2) is 11.6 Å². The fourth-order valence-corrected chi connectivity index (χ4v) is 5.72. The Kier molecular flexibility index (Phi) is 3.07. The molecule has 0 bridgehead atoms. The Morgan fingerprint density at radius 3 is 2.87 bits per heavy atom. The van der Waals surface area contributed by atoms with Crippen LogP contribution in [0.1, 0.15) is 39.0 Å². The molecule has 2 saturated carbocycles. The van der Waals surface area contributed by atoms with Gasteiger partial charge in [-0.05, 0) is 54.7 Å². The lowest BCUT2D eigenvalue weighted by molar-refractivity contribution is -0.130. The highest BCUT2D eigenvalue weighted by molar-refractivity contribution is 6.01. The van der Waals surface area contributed by atoms with Gasteiger partial charge >= 0.3 is 0 Å². The molecule has 0 heterocycles. The van der Waals surface area contributed by atoms with Crippen molar-refractivity contribution in [1.29, 1.82) is 0 Å². The number of fused-ring (bicyclic) bond motifs is 5. The highest BCUT2D eigenvalue weighted by Crippen LogP contribution is 2.62. The van der Waals surface area contributed by atoms with Crippen molar-refractivity contribution in [2.75, 3.05) is 0 Å². The van der Waals surface area contributed by atoms with E-state index in [1.807, 2.05) is 0 Å². The van der Waals surface area contributed by atoms with E-state index in [0.717, 1.165) is 31.3 Å². The number of allylic oxidation sites excluding steroid dienone is 6. The molecule has 0 amide bonds. The van der Waals surface area contributed by atoms with E-state index in [1.54, 1.807) is 12.2 Å². The van der Waals surface area contributed by atoms with Gasteiger partial charge < -0.3 is 0 Å². The van der Waals surface area contributed by atoms with E-state index < -0.39 is 0 Å². The van der Waals surface area contributed by atoms with Gasteiger partial charge in [0.15, 0.2) is 5.78 Å². The first-order chi connectivity index (χ1) is 11.0. The minimum atomic E-state index is -0.213. The zero-order valence-electron chi connectivity index (χ0n) is 13.5. The molecule has 0 saturated heterocycles. The largest absolute Gasteiger partial charge is 0.299 e. The van der Waals surface area contributed by atoms with Gasteiger partial charge in [0.2, 0.25) is 0 Å². The van der Waals surface area contributed by atoms with Gasteiger partial charge in [0.05, 0.1) is 0 Å². The Labute approximate surface area is 137 Å². The van der Waals surface area contributed by atoms with Crippen LogP contribution in [0.2, 0.25) is 0 Å². The number of rotatable bonds is 1. The second kappa shape index (κ2) is 4.81. The third kappa shape index (κ3) is 1.83. The Morgan fingerprint density at radius 1 is 1.26 bits per heavy atom. The average molecular weight is 306 g/mol. The molecule has 118 valence electrons. The topological polar surface area (TPSA) is 34.1 Å². The van der Waals surface area contributed by atoms with Gasteiger partial charge in [-0.25, -0.2) is 0 Å². The maximum Gasteiger partial charge on any atom is 0.178 e. The molecular weight excluding hydrogens is 284 g/mol. The molecule has 5 atom stereocenters. The van der Waals surface area contributed by atoms with Crippen LogP contribution in [0.25, 0.3) is 0 Å². The second-order valence-electron chi connectivity index (χ2n) is 7.82. The van der Waals surface area contributed by atoms with Crippen LogP contribution in [-0.2, 0) is 9.59 Å². The van der Waals surface area contributed by atoms with Crippen molar-refractivity contribution >= 4 is 11.6 Å². The van der Waals surface area contributed by atoms with Crippen LogP contribution < -0.4 is 0 Å². The summed E-state index contributed by atoms with van der Waals surface area (Å²) in [7, 11) is 0. The number of carbonyl (C=O) groups excluding carboxylic acids is 2. The Hall–Kier alpha value is -1.88. The molecule has 0 aliphatic heterocycles. The van der Waals surface area contributed by atoms with E-state index in [2.05, 4.69) is 31.1 Å². The van der Waals surface area contributed by atoms with Gasteiger partial charge in [0, 0.05) is 23.7 Å². The van der Waals surface area contributed by atoms with Gasteiger partial charge in [-0.2, -0.15) is 0 Å². The lowest BCUT2D eigenvalue weighted by atomic mass is 9.49. The average Bonchev–Trinajstić information content (AvgIpc) is 2.84. The molecule has 0 aromatic heterocycles. The summed E-state index contributed by atoms with van der Waals surface area (Å²) in [6.45, 7) is 2.16. The van der Waals surface area contributed by atoms with E-state index >= 15 is 0 Å². The van der Waals surface area contributed by atoms with E-state index in [4.69, 9.17) is 6.42 Å². The molecule has 4 aliphatic carbocycles. The fourth-order valence-electron chi connectivity index (χ4n) is 5.72. The van der Waals surface area contributed by atoms with Crippen LogP contribution in [0.15, 0.2) is 36.0 Å². The molecule has 0 N–H and O–H groups in total. The summed E-state index contributed by atoms with van der Waals surface area (Å²) in [4.78, 5) is 24.2. The molecule has 0 unspecified atom stereocenters. The van der Waals surface area contributed by atoms with Gasteiger partial charge in [-0.15, -0.1) is 12.3 Å². The Balaban J connectivity index is 1.81. The first kappa shape index (κ1) is 14.7. The zero-order chi connectivity index (χ0) is 16.2. The Bertz CT molecular complexity index is 717. The smallest absolute Gasteiger partial charge is 0.178 e. The third-order valence-electron chi connectivity index (χ3n) is 6.98. The van der Waals surface area contributed by atoms with E-state index in [9.17, 15) is 9.59 Å².